The molecule has 1 N–H and O–H groups in total. The second kappa shape index (κ2) is 5.04. The van der Waals surface area contributed by atoms with Gasteiger partial charge in [-0.15, -0.1) is 0 Å². The van der Waals surface area contributed by atoms with Crippen molar-refractivity contribution in [3.05, 3.63) is 45.5 Å². The standard InChI is InChI=1S/C11H7IO2.Ga/c12-10-6-8-4-2-1-3-7(8)5-9(10)11(13)14;/h1-6H,(H,13,14);. The van der Waals surface area contributed by atoms with E-state index in [0.717, 1.165) is 14.3 Å². The normalized spacial score (nSPS) is 9.67. The number of aromatic carboxylic acids is 1. The van der Waals surface area contributed by atoms with Crippen LogP contribution in [-0.4, -0.2) is 30.9 Å². The Bertz CT molecular complexity index is 511. The van der Waals surface area contributed by atoms with Crippen LogP contribution in [0.15, 0.2) is 36.4 Å². The first-order valence-electron chi connectivity index (χ1n) is 4.10. The number of carboxylic acids is 1. The van der Waals surface area contributed by atoms with Crippen molar-refractivity contribution in [2.45, 2.75) is 0 Å². The molecule has 2 nitrogen and oxygen atoms in total. The van der Waals surface area contributed by atoms with E-state index in [4.69, 9.17) is 5.11 Å². The van der Waals surface area contributed by atoms with Crippen LogP contribution >= 0.6 is 22.6 Å². The van der Waals surface area contributed by atoms with Crippen molar-refractivity contribution in [1.82, 2.24) is 0 Å². The molecule has 0 spiro atoms. The summed E-state index contributed by atoms with van der Waals surface area (Å²) in [7, 11) is 0. The van der Waals surface area contributed by atoms with Gasteiger partial charge in [0.2, 0.25) is 0 Å². The third kappa shape index (κ3) is 2.56. The van der Waals surface area contributed by atoms with Gasteiger partial charge in [-0.05, 0) is 45.5 Å². The van der Waals surface area contributed by atoms with Crippen LogP contribution in [0, 0.1) is 3.57 Å². The van der Waals surface area contributed by atoms with Gasteiger partial charge in [-0.3, -0.25) is 0 Å². The van der Waals surface area contributed by atoms with Crippen molar-refractivity contribution in [3.63, 3.8) is 0 Å². The fraction of sp³-hybridized carbons (Fsp3) is 0. The number of carboxylic acid groups (broad SMARTS) is 1. The molecule has 0 aliphatic rings. The SMILES string of the molecule is O=C(O)c1cc2ccccc2cc1I.[Ga]. The van der Waals surface area contributed by atoms with E-state index in [0.29, 0.717) is 5.56 Å². The molecular weight excluding hydrogens is 361 g/mol. The molecule has 2 aromatic rings. The first kappa shape index (κ1) is 12.6. The summed E-state index contributed by atoms with van der Waals surface area (Å²) >= 11 is 2.04. The predicted octanol–water partition coefficient (Wildman–Crippen LogP) is 2.76. The minimum atomic E-state index is -0.875. The average Bonchev–Trinajstić information content (AvgIpc) is 2.16. The molecular formula is C11H7GaIO2. The molecule has 0 aliphatic heterocycles. The number of benzene rings is 2. The number of hydrogen-bond acceptors (Lipinski definition) is 1. The molecule has 0 atom stereocenters. The second-order valence-electron chi connectivity index (χ2n) is 2.98. The number of carbonyl (C=O) groups is 1. The minimum absolute atomic E-state index is 0. The van der Waals surface area contributed by atoms with E-state index in [2.05, 4.69) is 0 Å². The van der Waals surface area contributed by atoms with E-state index in [1.54, 1.807) is 6.07 Å². The van der Waals surface area contributed by atoms with E-state index in [9.17, 15) is 4.79 Å². The Morgan fingerprint density at radius 3 is 2.20 bits per heavy atom. The van der Waals surface area contributed by atoms with Crippen LogP contribution in [0.2, 0.25) is 0 Å². The molecule has 0 heterocycles. The maximum atomic E-state index is 10.9. The van der Waals surface area contributed by atoms with Gasteiger partial charge in [0.25, 0.3) is 0 Å². The zero-order valence-corrected chi connectivity index (χ0v) is 12.4. The van der Waals surface area contributed by atoms with Gasteiger partial charge < -0.3 is 5.11 Å². The fourth-order valence-corrected chi connectivity index (χ4v) is 2.10. The van der Waals surface area contributed by atoms with E-state index in [1.165, 1.54) is 0 Å². The predicted molar refractivity (Wildman–Crippen MR) is 69.4 cm³/mol. The monoisotopic (exact) mass is 367 g/mol. The van der Waals surface area contributed by atoms with E-state index < -0.39 is 5.97 Å². The van der Waals surface area contributed by atoms with Crippen LogP contribution < -0.4 is 0 Å². The van der Waals surface area contributed by atoms with Crippen molar-refractivity contribution in [1.29, 1.82) is 0 Å². The molecule has 3 radical (unpaired) electrons. The van der Waals surface area contributed by atoms with Gasteiger partial charge in [0, 0.05) is 23.4 Å². The van der Waals surface area contributed by atoms with E-state index >= 15 is 0 Å². The molecule has 15 heavy (non-hydrogen) atoms. The van der Waals surface area contributed by atoms with E-state index in [-0.39, 0.29) is 19.8 Å². The van der Waals surface area contributed by atoms with Gasteiger partial charge >= 0.3 is 5.97 Å². The number of rotatable bonds is 1. The number of fused-ring (bicyclic) bond motifs is 1. The summed E-state index contributed by atoms with van der Waals surface area (Å²) in [6.07, 6.45) is 0. The summed E-state index contributed by atoms with van der Waals surface area (Å²) in [4.78, 5) is 10.9. The summed E-state index contributed by atoms with van der Waals surface area (Å²) in [5.41, 5.74) is 0.365. The van der Waals surface area contributed by atoms with Gasteiger partial charge in [-0.2, -0.15) is 0 Å². The van der Waals surface area contributed by atoms with Crippen molar-refractivity contribution < 1.29 is 9.90 Å². The zero-order chi connectivity index (χ0) is 10.1. The minimum Gasteiger partial charge on any atom is -0.478 e. The Kier molecular flexibility index (Phi) is 4.24. The molecule has 2 rings (SSSR count). The van der Waals surface area contributed by atoms with Crippen molar-refractivity contribution >= 4 is 59.1 Å². The van der Waals surface area contributed by atoms with Crippen LogP contribution in [0.1, 0.15) is 10.4 Å². The van der Waals surface area contributed by atoms with Crippen LogP contribution in [0.5, 0.6) is 0 Å². The molecule has 4 heteroatoms. The summed E-state index contributed by atoms with van der Waals surface area (Å²) in [6, 6.07) is 11.3. The molecule has 73 valence electrons. The summed E-state index contributed by atoms with van der Waals surface area (Å²) in [6.45, 7) is 0. The topological polar surface area (TPSA) is 37.3 Å². The third-order valence-electron chi connectivity index (χ3n) is 2.07. The van der Waals surface area contributed by atoms with Crippen LogP contribution in [0.4, 0.5) is 0 Å². The van der Waals surface area contributed by atoms with Gasteiger partial charge in [0.15, 0.2) is 0 Å². The third-order valence-corrected chi connectivity index (χ3v) is 2.96. The van der Waals surface area contributed by atoms with Gasteiger partial charge in [-0.25, -0.2) is 4.79 Å². The molecule has 0 bridgehead atoms. The first-order chi connectivity index (χ1) is 6.68. The van der Waals surface area contributed by atoms with Crippen LogP contribution in [-0.2, 0) is 0 Å². The molecule has 0 amide bonds. The Hall–Kier alpha value is -0.464. The van der Waals surface area contributed by atoms with Gasteiger partial charge in [0.1, 0.15) is 0 Å². The molecule has 2 aromatic carbocycles. The van der Waals surface area contributed by atoms with Crippen LogP contribution in [0.3, 0.4) is 0 Å². The summed E-state index contributed by atoms with van der Waals surface area (Å²) in [5, 5.41) is 11.0. The summed E-state index contributed by atoms with van der Waals surface area (Å²) in [5.74, 6) is -0.875. The Morgan fingerprint density at radius 1 is 1.13 bits per heavy atom. The number of halogens is 1. The summed E-state index contributed by atoms with van der Waals surface area (Å²) < 4.78 is 0.772. The Labute approximate surface area is 114 Å². The van der Waals surface area contributed by atoms with Gasteiger partial charge in [-0.1, -0.05) is 24.3 Å². The fourth-order valence-electron chi connectivity index (χ4n) is 1.38. The quantitative estimate of drug-likeness (QED) is 0.621. The van der Waals surface area contributed by atoms with Crippen molar-refractivity contribution in [2.24, 2.45) is 0 Å². The van der Waals surface area contributed by atoms with E-state index in [1.807, 2.05) is 52.9 Å². The first-order valence-corrected chi connectivity index (χ1v) is 5.18. The second-order valence-corrected chi connectivity index (χ2v) is 4.15. The number of hydrogen-bond donors (Lipinski definition) is 1. The maximum Gasteiger partial charge on any atom is 0.336 e. The molecule has 0 aliphatic carbocycles. The molecule has 0 fully saturated rings. The average molecular weight is 368 g/mol. The van der Waals surface area contributed by atoms with Crippen LogP contribution in [0.25, 0.3) is 10.8 Å². The Balaban J connectivity index is 0.00000112. The van der Waals surface area contributed by atoms with Crippen molar-refractivity contribution in [2.75, 3.05) is 0 Å². The molecule has 0 unspecified atom stereocenters. The van der Waals surface area contributed by atoms with Crippen molar-refractivity contribution in [3.8, 4) is 0 Å². The molecule has 0 aromatic heterocycles. The molecule has 0 saturated carbocycles. The largest absolute Gasteiger partial charge is 0.478 e. The molecule has 0 saturated heterocycles. The van der Waals surface area contributed by atoms with Gasteiger partial charge in [0.05, 0.1) is 5.56 Å². The Morgan fingerprint density at radius 2 is 1.67 bits per heavy atom. The zero-order valence-electron chi connectivity index (χ0n) is 7.77. The maximum absolute atomic E-state index is 10.9. The smallest absolute Gasteiger partial charge is 0.336 e.